The number of nitrogens with zero attached hydrogens (tertiary/aromatic N) is 2. The Kier molecular flexibility index (Phi) is 5.71. The molecule has 2 aliphatic heterocycles. The second-order valence-corrected chi connectivity index (χ2v) is 9.31. The van der Waals surface area contributed by atoms with Crippen molar-refractivity contribution in [2.45, 2.75) is 49.5 Å². The van der Waals surface area contributed by atoms with Gasteiger partial charge in [0.2, 0.25) is 11.9 Å². The zero-order valence-electron chi connectivity index (χ0n) is 15.7. The number of amides is 1. The molecule has 3 heterocycles. The highest BCUT2D eigenvalue weighted by molar-refractivity contribution is 7.92. The number of hydrogen-bond acceptors (Lipinski definition) is 6. The summed E-state index contributed by atoms with van der Waals surface area (Å²) in [5.41, 5.74) is 2.04. The summed E-state index contributed by atoms with van der Waals surface area (Å²) in [6.07, 6.45) is 6.43. The van der Waals surface area contributed by atoms with E-state index >= 15 is 0 Å². The molecule has 0 saturated carbocycles. The molecule has 1 aromatic carbocycles. The molecule has 0 bridgehead atoms. The van der Waals surface area contributed by atoms with Crippen LogP contribution in [0, 0.1) is 0 Å². The molecule has 154 valence electrons. The summed E-state index contributed by atoms with van der Waals surface area (Å²) < 4.78 is 28.3. The van der Waals surface area contributed by atoms with Gasteiger partial charge in [0.05, 0.1) is 10.7 Å². The standard InChI is InChI=1S/C19H22ClN5O3S/c20-13-10-12-4-3-6-18(26)23-16(12)11-17(13)29(27,28)25-19-22-9-7-15(24-19)14-5-1-2-8-21-14/h7,9-11,14,21H,1-6,8H2,(H,23,26)(H,22,24,25). The van der Waals surface area contributed by atoms with Crippen LogP contribution in [0.2, 0.25) is 5.02 Å². The van der Waals surface area contributed by atoms with Gasteiger partial charge in [-0.2, -0.15) is 0 Å². The number of nitrogens with one attached hydrogen (secondary N) is 3. The zero-order chi connectivity index (χ0) is 20.4. The number of benzene rings is 1. The van der Waals surface area contributed by atoms with Gasteiger partial charge in [-0.1, -0.05) is 18.0 Å². The quantitative estimate of drug-likeness (QED) is 0.680. The highest BCUT2D eigenvalue weighted by Gasteiger charge is 2.24. The first-order chi connectivity index (χ1) is 13.9. The minimum atomic E-state index is -4.03. The maximum absolute atomic E-state index is 13.0. The van der Waals surface area contributed by atoms with Gasteiger partial charge >= 0.3 is 0 Å². The lowest BCUT2D eigenvalue weighted by atomic mass is 10.0. The van der Waals surface area contributed by atoms with Crippen molar-refractivity contribution in [1.29, 1.82) is 0 Å². The fraction of sp³-hybridized carbons (Fsp3) is 0.421. The molecule has 8 nitrogen and oxygen atoms in total. The summed E-state index contributed by atoms with van der Waals surface area (Å²) >= 11 is 6.27. The highest BCUT2D eigenvalue weighted by atomic mass is 35.5. The highest BCUT2D eigenvalue weighted by Crippen LogP contribution is 2.32. The van der Waals surface area contributed by atoms with E-state index in [2.05, 4.69) is 25.3 Å². The molecule has 2 aliphatic rings. The predicted octanol–water partition coefficient (Wildman–Crippen LogP) is 3.02. The summed E-state index contributed by atoms with van der Waals surface area (Å²) in [5, 5.41) is 6.23. The third kappa shape index (κ3) is 4.52. The number of piperidine rings is 1. The van der Waals surface area contributed by atoms with Crippen molar-refractivity contribution in [3.8, 4) is 0 Å². The van der Waals surface area contributed by atoms with Gasteiger partial charge in [-0.25, -0.2) is 23.1 Å². The molecule has 1 fully saturated rings. The van der Waals surface area contributed by atoms with Gasteiger partial charge in [0.25, 0.3) is 10.0 Å². The van der Waals surface area contributed by atoms with Crippen molar-refractivity contribution in [3.63, 3.8) is 0 Å². The van der Waals surface area contributed by atoms with Crippen molar-refractivity contribution in [1.82, 2.24) is 15.3 Å². The van der Waals surface area contributed by atoms with Gasteiger partial charge in [0.15, 0.2) is 0 Å². The van der Waals surface area contributed by atoms with Crippen LogP contribution in [-0.2, 0) is 21.2 Å². The van der Waals surface area contributed by atoms with E-state index in [4.69, 9.17) is 11.6 Å². The van der Waals surface area contributed by atoms with Crippen LogP contribution in [0.25, 0.3) is 0 Å². The average molecular weight is 436 g/mol. The molecular formula is C19H22ClN5O3S. The number of hydrogen-bond donors (Lipinski definition) is 3. The molecule has 2 aromatic rings. The first-order valence-electron chi connectivity index (χ1n) is 9.64. The normalized spacial score (nSPS) is 19.8. The number of halogens is 1. The first-order valence-corrected chi connectivity index (χ1v) is 11.5. The SMILES string of the molecule is O=C1CCCc2cc(Cl)c(S(=O)(=O)Nc3nccc(C4CCCCN4)n3)cc2N1. The van der Waals surface area contributed by atoms with E-state index in [1.54, 1.807) is 12.1 Å². The van der Waals surface area contributed by atoms with E-state index in [1.807, 2.05) is 0 Å². The van der Waals surface area contributed by atoms with Gasteiger partial charge < -0.3 is 10.6 Å². The smallest absolute Gasteiger partial charge is 0.265 e. The summed E-state index contributed by atoms with van der Waals surface area (Å²) in [6.45, 7) is 0.909. The largest absolute Gasteiger partial charge is 0.326 e. The van der Waals surface area contributed by atoms with Crippen molar-refractivity contribution < 1.29 is 13.2 Å². The molecular weight excluding hydrogens is 414 g/mol. The van der Waals surface area contributed by atoms with Crippen molar-refractivity contribution in [2.24, 2.45) is 0 Å². The maximum Gasteiger partial charge on any atom is 0.265 e. The Hall–Kier alpha value is -2.23. The molecule has 29 heavy (non-hydrogen) atoms. The van der Waals surface area contributed by atoms with E-state index in [-0.39, 0.29) is 27.8 Å². The van der Waals surface area contributed by atoms with Crippen LogP contribution >= 0.6 is 11.6 Å². The Balaban J connectivity index is 1.62. The lowest BCUT2D eigenvalue weighted by molar-refractivity contribution is -0.116. The van der Waals surface area contributed by atoms with Crippen LogP contribution in [-0.4, -0.2) is 30.8 Å². The molecule has 0 spiro atoms. The Morgan fingerprint density at radius 1 is 1.17 bits per heavy atom. The molecule has 3 N–H and O–H groups in total. The molecule has 1 unspecified atom stereocenters. The third-order valence-electron chi connectivity index (χ3n) is 5.14. The number of sulfonamides is 1. The Morgan fingerprint density at radius 3 is 2.83 bits per heavy atom. The van der Waals surface area contributed by atoms with Gasteiger partial charge in [-0.15, -0.1) is 0 Å². The number of aromatic nitrogens is 2. The Morgan fingerprint density at radius 2 is 2.03 bits per heavy atom. The monoisotopic (exact) mass is 435 g/mol. The number of aryl methyl sites for hydroxylation is 1. The summed E-state index contributed by atoms with van der Waals surface area (Å²) in [6, 6.07) is 4.86. The molecule has 1 amide bonds. The van der Waals surface area contributed by atoms with E-state index < -0.39 is 10.0 Å². The summed E-state index contributed by atoms with van der Waals surface area (Å²) in [5.74, 6) is -0.150. The van der Waals surface area contributed by atoms with Gasteiger partial charge in [0.1, 0.15) is 4.90 Å². The average Bonchev–Trinajstić information content (AvgIpc) is 2.88. The Labute approximate surface area is 174 Å². The van der Waals surface area contributed by atoms with Gasteiger partial charge in [-0.05, 0) is 56.0 Å². The summed E-state index contributed by atoms with van der Waals surface area (Å²) in [7, 11) is -4.03. The molecule has 4 rings (SSSR count). The molecule has 10 heteroatoms. The number of fused-ring (bicyclic) bond motifs is 1. The van der Waals surface area contributed by atoms with Crippen molar-refractivity contribution >= 4 is 39.2 Å². The fourth-order valence-corrected chi connectivity index (χ4v) is 5.20. The molecule has 0 aliphatic carbocycles. The number of rotatable bonds is 4. The fourth-order valence-electron chi connectivity index (χ4n) is 3.67. The van der Waals surface area contributed by atoms with Crippen LogP contribution in [0.15, 0.2) is 29.3 Å². The van der Waals surface area contributed by atoms with E-state index in [0.717, 1.165) is 37.1 Å². The summed E-state index contributed by atoms with van der Waals surface area (Å²) in [4.78, 5) is 20.1. The van der Waals surface area contributed by atoms with Crippen LogP contribution < -0.4 is 15.4 Å². The second-order valence-electron chi connectivity index (χ2n) is 7.25. The minimum absolute atomic E-state index is 0.00933. The van der Waals surface area contributed by atoms with Crippen molar-refractivity contribution in [2.75, 3.05) is 16.6 Å². The van der Waals surface area contributed by atoms with Crippen LogP contribution in [0.3, 0.4) is 0 Å². The number of carbonyl (C=O) groups excluding carboxylic acids is 1. The Bertz CT molecular complexity index is 1040. The molecule has 1 saturated heterocycles. The number of anilines is 2. The van der Waals surface area contributed by atoms with Crippen LogP contribution in [0.4, 0.5) is 11.6 Å². The molecule has 1 atom stereocenters. The van der Waals surface area contributed by atoms with E-state index in [9.17, 15) is 13.2 Å². The topological polar surface area (TPSA) is 113 Å². The van der Waals surface area contributed by atoms with Crippen LogP contribution in [0.1, 0.15) is 49.4 Å². The molecule has 1 aromatic heterocycles. The third-order valence-corrected chi connectivity index (χ3v) is 6.93. The first kappa shape index (κ1) is 20.1. The van der Waals surface area contributed by atoms with Gasteiger partial charge in [-0.3, -0.25) is 4.79 Å². The zero-order valence-corrected chi connectivity index (χ0v) is 17.3. The molecule has 0 radical (unpaired) electrons. The predicted molar refractivity (Wildman–Crippen MR) is 110 cm³/mol. The maximum atomic E-state index is 13.0. The van der Waals surface area contributed by atoms with E-state index in [1.165, 1.54) is 12.3 Å². The minimum Gasteiger partial charge on any atom is -0.326 e. The van der Waals surface area contributed by atoms with Crippen LogP contribution in [0.5, 0.6) is 0 Å². The lowest BCUT2D eigenvalue weighted by Crippen LogP contribution is -2.28. The second kappa shape index (κ2) is 8.25. The number of carbonyl (C=O) groups is 1. The van der Waals surface area contributed by atoms with Gasteiger partial charge in [0, 0.05) is 24.3 Å². The van der Waals surface area contributed by atoms with Crippen molar-refractivity contribution in [3.05, 3.63) is 40.7 Å². The van der Waals surface area contributed by atoms with E-state index in [0.29, 0.717) is 24.9 Å². The lowest BCUT2D eigenvalue weighted by Gasteiger charge is -2.23.